The summed E-state index contributed by atoms with van der Waals surface area (Å²) in [5.74, 6) is -9.88. The standard InChI is InChI=1S/C6F5N.Ta/c7-1-2(8)4(10)6(12)5(11)3(1)9;. The molecule has 0 saturated carbocycles. The molecule has 0 atom stereocenters. The van der Waals surface area contributed by atoms with E-state index in [1.807, 2.05) is 0 Å². The van der Waals surface area contributed by atoms with E-state index in [1.54, 1.807) is 0 Å². The van der Waals surface area contributed by atoms with Crippen molar-refractivity contribution < 1.29 is 42.8 Å². The summed E-state index contributed by atoms with van der Waals surface area (Å²) >= 11 is 0.151. The summed E-state index contributed by atoms with van der Waals surface area (Å²) in [5.41, 5.74) is -1.11. The van der Waals surface area contributed by atoms with E-state index in [0.717, 1.165) is 0 Å². The molecule has 7 heteroatoms. The van der Waals surface area contributed by atoms with Gasteiger partial charge >= 0.3 is 81.0 Å². The van der Waals surface area contributed by atoms with Gasteiger partial charge in [0.1, 0.15) is 0 Å². The van der Waals surface area contributed by atoms with Crippen molar-refractivity contribution in [3.8, 4) is 0 Å². The Hall–Kier alpha value is -0.590. The molecule has 0 amide bonds. The molecular weight excluding hydrogens is 362 g/mol. The van der Waals surface area contributed by atoms with Crippen LogP contribution >= 0.6 is 0 Å². The Morgan fingerprint density at radius 2 is 1.00 bits per heavy atom. The average Bonchev–Trinajstić information content (AvgIpc) is 2.13. The number of nitrogens with zero attached hydrogens (tertiary/aromatic N) is 1. The average molecular weight is 362 g/mol. The third-order valence-electron chi connectivity index (χ3n) is 1.29. The minimum absolute atomic E-state index is 0.151. The normalized spacial score (nSPS) is 10.2. The van der Waals surface area contributed by atoms with Crippen LogP contribution in [0.4, 0.5) is 27.6 Å². The van der Waals surface area contributed by atoms with Gasteiger partial charge in [-0.05, 0) is 0 Å². The summed E-state index contributed by atoms with van der Waals surface area (Å²) in [6, 6.07) is 0. The van der Waals surface area contributed by atoms with Crippen LogP contribution in [0.2, 0.25) is 0 Å². The Morgan fingerprint density at radius 1 is 0.692 bits per heavy atom. The third kappa shape index (κ3) is 1.56. The fourth-order valence-electron chi connectivity index (χ4n) is 0.681. The van der Waals surface area contributed by atoms with E-state index in [0.29, 0.717) is 0 Å². The molecule has 1 aromatic carbocycles. The molecule has 0 fully saturated rings. The van der Waals surface area contributed by atoms with E-state index in [1.165, 1.54) is 0 Å². The van der Waals surface area contributed by atoms with Crippen LogP contribution in [0.25, 0.3) is 0 Å². The summed E-state index contributed by atoms with van der Waals surface area (Å²) in [6.45, 7) is 0. The molecule has 69 valence electrons. The molecule has 1 aromatic rings. The van der Waals surface area contributed by atoms with Gasteiger partial charge in [0.2, 0.25) is 0 Å². The second-order valence-electron chi connectivity index (χ2n) is 2.02. The summed E-state index contributed by atoms with van der Waals surface area (Å²) < 4.78 is 65.4. The van der Waals surface area contributed by atoms with Crippen LogP contribution in [0, 0.1) is 29.1 Å². The Balaban J connectivity index is 3.66. The van der Waals surface area contributed by atoms with Gasteiger partial charge in [0.05, 0.1) is 0 Å². The van der Waals surface area contributed by atoms with Gasteiger partial charge in [-0.25, -0.2) is 0 Å². The fourth-order valence-corrected chi connectivity index (χ4v) is 1.31. The molecule has 0 unspecified atom stereocenters. The summed E-state index contributed by atoms with van der Waals surface area (Å²) in [6.07, 6.45) is 0. The van der Waals surface area contributed by atoms with Crippen LogP contribution in [0.15, 0.2) is 3.34 Å². The zero-order valence-corrected chi connectivity index (χ0v) is 9.00. The van der Waals surface area contributed by atoms with Gasteiger partial charge in [-0.15, -0.1) is 0 Å². The molecule has 1 nitrogen and oxygen atoms in total. The van der Waals surface area contributed by atoms with Gasteiger partial charge in [-0.3, -0.25) is 0 Å². The van der Waals surface area contributed by atoms with E-state index in [2.05, 4.69) is 3.34 Å². The van der Waals surface area contributed by atoms with E-state index >= 15 is 0 Å². The Bertz CT molecular complexity index is 349. The van der Waals surface area contributed by atoms with Crippen LogP contribution in [-0.4, -0.2) is 0 Å². The first-order valence-electron chi connectivity index (χ1n) is 2.87. The maximum atomic E-state index is 12.6. The van der Waals surface area contributed by atoms with Crippen LogP contribution in [-0.2, 0) is 20.9 Å². The summed E-state index contributed by atoms with van der Waals surface area (Å²) in [5, 5.41) is 0. The van der Waals surface area contributed by atoms with Crippen LogP contribution in [0.1, 0.15) is 0 Å². The molecule has 0 aromatic heterocycles. The van der Waals surface area contributed by atoms with Gasteiger partial charge in [0.15, 0.2) is 0 Å². The second-order valence-corrected chi connectivity index (χ2v) is 2.74. The molecule has 0 N–H and O–H groups in total. The van der Waals surface area contributed by atoms with Crippen molar-refractivity contribution in [1.29, 1.82) is 0 Å². The fraction of sp³-hybridized carbons (Fsp3) is 0. The first-order valence-corrected chi connectivity index (χ1v) is 4.31. The molecule has 0 bridgehead atoms. The molecule has 0 spiro atoms. The van der Waals surface area contributed by atoms with Crippen molar-refractivity contribution in [2.24, 2.45) is 3.34 Å². The molecule has 0 aliphatic carbocycles. The molecule has 1 rings (SSSR count). The molecule has 0 aliphatic rings. The number of halogens is 5. The van der Waals surface area contributed by atoms with Crippen molar-refractivity contribution >= 4 is 5.69 Å². The van der Waals surface area contributed by atoms with Crippen molar-refractivity contribution in [1.82, 2.24) is 0 Å². The van der Waals surface area contributed by atoms with E-state index < -0.39 is 34.8 Å². The topological polar surface area (TPSA) is 12.4 Å². The van der Waals surface area contributed by atoms with Crippen molar-refractivity contribution in [2.45, 2.75) is 0 Å². The zero-order chi connectivity index (χ0) is 10.2. The molecular formula is C6F5NTa. The van der Waals surface area contributed by atoms with Crippen LogP contribution in [0.3, 0.4) is 0 Å². The summed E-state index contributed by atoms with van der Waals surface area (Å²) in [4.78, 5) is 0. The summed E-state index contributed by atoms with van der Waals surface area (Å²) in [7, 11) is 0. The third-order valence-corrected chi connectivity index (χ3v) is 2.01. The van der Waals surface area contributed by atoms with E-state index in [9.17, 15) is 22.0 Å². The van der Waals surface area contributed by atoms with Crippen molar-refractivity contribution in [3.63, 3.8) is 0 Å². The molecule has 0 heterocycles. The van der Waals surface area contributed by atoms with Crippen molar-refractivity contribution in [3.05, 3.63) is 29.1 Å². The quantitative estimate of drug-likeness (QED) is 0.414. The van der Waals surface area contributed by atoms with E-state index in [-0.39, 0.29) is 20.9 Å². The molecule has 13 heavy (non-hydrogen) atoms. The van der Waals surface area contributed by atoms with E-state index in [4.69, 9.17) is 0 Å². The number of hydrogen-bond acceptors (Lipinski definition) is 1. The van der Waals surface area contributed by atoms with Gasteiger partial charge in [-0.2, -0.15) is 0 Å². The Kier molecular flexibility index (Phi) is 2.94. The van der Waals surface area contributed by atoms with Gasteiger partial charge in [0, 0.05) is 0 Å². The van der Waals surface area contributed by atoms with Gasteiger partial charge in [0.25, 0.3) is 0 Å². The Morgan fingerprint density at radius 3 is 1.31 bits per heavy atom. The van der Waals surface area contributed by atoms with Gasteiger partial charge < -0.3 is 0 Å². The van der Waals surface area contributed by atoms with Crippen LogP contribution < -0.4 is 0 Å². The number of rotatable bonds is 1. The first kappa shape index (κ1) is 10.5. The SMILES string of the molecule is Fc1c(F)c(F)c([N]=[Ta])c(F)c1F. The second kappa shape index (κ2) is 3.65. The predicted octanol–water partition coefficient (Wildman–Crippen LogP) is 2.74. The number of benzene rings is 1. The Labute approximate surface area is 81.3 Å². The maximum absolute atomic E-state index is 12.6. The first-order chi connectivity index (χ1) is 6.00. The zero-order valence-electron chi connectivity index (χ0n) is 5.78. The number of hydrogen-bond donors (Lipinski definition) is 0. The van der Waals surface area contributed by atoms with Crippen LogP contribution in [0.5, 0.6) is 0 Å². The molecule has 0 aliphatic heterocycles. The predicted molar refractivity (Wildman–Crippen MR) is 28.3 cm³/mol. The molecule has 0 saturated heterocycles. The van der Waals surface area contributed by atoms with Crippen molar-refractivity contribution in [2.75, 3.05) is 0 Å². The molecule has 0 radical (unpaired) electrons. The minimum atomic E-state index is -2.17. The monoisotopic (exact) mass is 362 g/mol. The van der Waals surface area contributed by atoms with Gasteiger partial charge in [-0.1, -0.05) is 0 Å².